The van der Waals surface area contributed by atoms with E-state index in [-0.39, 0.29) is 5.97 Å². The van der Waals surface area contributed by atoms with Crippen molar-refractivity contribution in [3.63, 3.8) is 0 Å². The van der Waals surface area contributed by atoms with Crippen LogP contribution in [0.1, 0.15) is 0 Å². The van der Waals surface area contributed by atoms with Crippen molar-refractivity contribution in [3.05, 3.63) is 36.1 Å². The van der Waals surface area contributed by atoms with Crippen LogP contribution >= 0.6 is 0 Å². The van der Waals surface area contributed by atoms with Gasteiger partial charge < -0.3 is 4.74 Å². The average molecular weight is 163 g/mol. The molecule has 1 aliphatic heterocycles. The largest absolute Gasteiger partial charge is 0.465 e. The molecule has 0 bridgehead atoms. The third-order valence-corrected chi connectivity index (χ3v) is 1.30. The van der Waals surface area contributed by atoms with Crippen LogP contribution in [0.15, 0.2) is 41.1 Å². The summed E-state index contributed by atoms with van der Waals surface area (Å²) in [6.45, 7) is 0. The Morgan fingerprint density at radius 1 is 1.42 bits per heavy atom. The van der Waals surface area contributed by atoms with Gasteiger partial charge in [0, 0.05) is 12.4 Å². The minimum absolute atomic E-state index is 0.376. The van der Waals surface area contributed by atoms with Gasteiger partial charge in [-0.15, -0.1) is 0 Å². The van der Waals surface area contributed by atoms with Gasteiger partial charge in [-0.25, -0.2) is 4.79 Å². The van der Waals surface area contributed by atoms with Crippen molar-refractivity contribution < 1.29 is 9.53 Å². The van der Waals surface area contributed by atoms with Gasteiger partial charge in [0.15, 0.2) is 0 Å². The molecule has 0 fully saturated rings. The smallest absolute Gasteiger partial charge is 0.339 e. The second-order valence-corrected chi connectivity index (χ2v) is 2.12. The summed E-state index contributed by atoms with van der Waals surface area (Å²) >= 11 is 0. The lowest BCUT2D eigenvalue weighted by Crippen LogP contribution is -2.05. The molecule has 0 spiro atoms. The lowest BCUT2D eigenvalue weighted by atomic mass is 10.2. The second-order valence-electron chi connectivity index (χ2n) is 2.12. The van der Waals surface area contributed by atoms with E-state index in [9.17, 15) is 4.79 Å². The van der Waals surface area contributed by atoms with E-state index in [4.69, 9.17) is 0 Å². The molecule has 1 aliphatic rings. The number of hydrogen-bond acceptors (Lipinski definition) is 3. The molecule has 3 heteroatoms. The van der Waals surface area contributed by atoms with E-state index in [1.807, 2.05) is 0 Å². The fourth-order valence-corrected chi connectivity index (χ4v) is 0.728. The maximum atomic E-state index is 11.0. The Morgan fingerprint density at radius 3 is 3.00 bits per heavy atom. The van der Waals surface area contributed by atoms with Crippen molar-refractivity contribution in [1.82, 2.24) is 0 Å². The van der Waals surface area contributed by atoms with Gasteiger partial charge in [-0.3, -0.25) is 4.99 Å². The van der Waals surface area contributed by atoms with Crippen LogP contribution in [-0.4, -0.2) is 19.3 Å². The molecule has 0 atom stereocenters. The summed E-state index contributed by atoms with van der Waals surface area (Å²) < 4.78 is 4.53. The molecule has 0 radical (unpaired) electrons. The summed E-state index contributed by atoms with van der Waals surface area (Å²) in [4.78, 5) is 14.8. The lowest BCUT2D eigenvalue weighted by Gasteiger charge is -1.97. The Morgan fingerprint density at radius 2 is 2.25 bits per heavy atom. The number of rotatable bonds is 1. The van der Waals surface area contributed by atoms with Crippen LogP contribution in [0.2, 0.25) is 0 Å². The van der Waals surface area contributed by atoms with Crippen molar-refractivity contribution in [2.45, 2.75) is 0 Å². The fourth-order valence-electron chi connectivity index (χ4n) is 0.728. The number of ether oxygens (including phenoxy) is 1. The number of methoxy groups -OCH3 is 1. The summed E-state index contributed by atoms with van der Waals surface area (Å²) in [5.41, 5.74) is 0.443. The highest BCUT2D eigenvalue weighted by molar-refractivity contribution is 6.09. The van der Waals surface area contributed by atoms with Gasteiger partial charge in [-0.1, -0.05) is 12.2 Å². The Kier molecular flexibility index (Phi) is 3.02. The molecule has 0 amide bonds. The molecule has 0 saturated carbocycles. The van der Waals surface area contributed by atoms with E-state index >= 15 is 0 Å². The predicted molar refractivity (Wildman–Crippen MR) is 46.9 cm³/mol. The zero-order chi connectivity index (χ0) is 8.81. The molecule has 0 aromatic carbocycles. The van der Waals surface area contributed by atoms with Gasteiger partial charge in [-0.2, -0.15) is 0 Å². The first-order valence-electron chi connectivity index (χ1n) is 3.49. The highest BCUT2D eigenvalue weighted by atomic mass is 16.5. The minimum atomic E-state index is -0.376. The molecule has 3 nitrogen and oxygen atoms in total. The van der Waals surface area contributed by atoms with E-state index in [2.05, 4.69) is 9.73 Å². The molecule has 0 saturated heterocycles. The minimum Gasteiger partial charge on any atom is -0.465 e. The summed E-state index contributed by atoms with van der Waals surface area (Å²) in [5.74, 6) is -0.376. The molecule has 0 unspecified atom stereocenters. The highest BCUT2D eigenvalue weighted by Crippen LogP contribution is 1.97. The molecule has 1 heterocycles. The number of carbonyl (C=O) groups is 1. The van der Waals surface area contributed by atoms with Gasteiger partial charge in [0.2, 0.25) is 0 Å². The molecule has 0 aromatic rings. The predicted octanol–water partition coefficient (Wildman–Crippen LogP) is 1.24. The van der Waals surface area contributed by atoms with E-state index in [1.165, 1.54) is 13.3 Å². The number of aliphatic imine (C=N–C) groups is 1. The fraction of sp³-hybridized carbons (Fsp3) is 0.111. The molecular formula is C9H9NO2. The third-order valence-electron chi connectivity index (χ3n) is 1.30. The maximum absolute atomic E-state index is 11.0. The standard InChI is InChI=1S/C9H9NO2/c1-12-9(11)8-5-3-2-4-6-10-7-8/h2-7H,1H3/b3-2-,4-2?,5-3?,6-4-,8-5?,8-7?,10-6?,10-7?. The SMILES string of the molecule is COC(=O)C1=C/C=C\C=C/N=C1. The van der Waals surface area contributed by atoms with Crippen LogP contribution in [0, 0.1) is 0 Å². The van der Waals surface area contributed by atoms with Gasteiger partial charge in [-0.05, 0) is 12.2 Å². The van der Waals surface area contributed by atoms with Crippen molar-refractivity contribution in [3.8, 4) is 0 Å². The number of hydrogen-bond donors (Lipinski definition) is 0. The van der Waals surface area contributed by atoms with Gasteiger partial charge in [0.1, 0.15) is 0 Å². The van der Waals surface area contributed by atoms with Crippen LogP contribution in [0.25, 0.3) is 0 Å². The summed E-state index contributed by atoms with van der Waals surface area (Å²) in [6, 6.07) is 0. The van der Waals surface area contributed by atoms with Crippen molar-refractivity contribution in [2.75, 3.05) is 7.11 Å². The Labute approximate surface area is 70.8 Å². The number of allylic oxidation sites excluding steroid dienone is 4. The van der Waals surface area contributed by atoms with Gasteiger partial charge >= 0.3 is 5.97 Å². The quantitative estimate of drug-likeness (QED) is 0.545. The van der Waals surface area contributed by atoms with Crippen LogP contribution < -0.4 is 0 Å². The van der Waals surface area contributed by atoms with Crippen LogP contribution in [0.5, 0.6) is 0 Å². The topological polar surface area (TPSA) is 38.7 Å². The second kappa shape index (κ2) is 4.28. The third kappa shape index (κ3) is 2.20. The maximum Gasteiger partial charge on any atom is 0.339 e. The normalized spacial score (nSPS) is 20.2. The summed E-state index contributed by atoms with van der Waals surface area (Å²) in [6.07, 6.45) is 10.0. The Hall–Kier alpha value is -1.64. The number of esters is 1. The van der Waals surface area contributed by atoms with Gasteiger partial charge in [0.05, 0.1) is 12.7 Å². The van der Waals surface area contributed by atoms with E-state index < -0.39 is 0 Å². The number of carbonyl (C=O) groups excluding carboxylic acids is 1. The summed E-state index contributed by atoms with van der Waals surface area (Å²) in [7, 11) is 1.34. The zero-order valence-corrected chi connectivity index (χ0v) is 6.73. The highest BCUT2D eigenvalue weighted by Gasteiger charge is 2.04. The molecule has 62 valence electrons. The van der Waals surface area contributed by atoms with Crippen LogP contribution in [-0.2, 0) is 9.53 Å². The molecule has 12 heavy (non-hydrogen) atoms. The Bertz CT molecular complexity index is 285. The van der Waals surface area contributed by atoms with Crippen LogP contribution in [0.4, 0.5) is 0 Å². The van der Waals surface area contributed by atoms with Crippen LogP contribution in [0.3, 0.4) is 0 Å². The molecule has 0 aliphatic carbocycles. The van der Waals surface area contributed by atoms with E-state index in [0.29, 0.717) is 5.57 Å². The molecule has 0 aromatic heterocycles. The first-order valence-corrected chi connectivity index (χ1v) is 3.49. The molecule has 0 N–H and O–H groups in total. The van der Waals surface area contributed by atoms with Crippen molar-refractivity contribution >= 4 is 12.2 Å². The van der Waals surface area contributed by atoms with Crippen molar-refractivity contribution in [2.24, 2.45) is 4.99 Å². The molecule has 1 rings (SSSR count). The zero-order valence-electron chi connectivity index (χ0n) is 6.73. The average Bonchev–Trinajstić information content (AvgIpc) is 2.02. The number of nitrogens with zero attached hydrogens (tertiary/aromatic N) is 1. The molecular weight excluding hydrogens is 154 g/mol. The first-order chi connectivity index (χ1) is 5.84. The Balaban J connectivity index is 2.82. The monoisotopic (exact) mass is 163 g/mol. The summed E-state index contributed by atoms with van der Waals surface area (Å²) in [5, 5.41) is 0. The first kappa shape index (κ1) is 8.46. The van der Waals surface area contributed by atoms with Crippen molar-refractivity contribution in [1.29, 1.82) is 0 Å². The van der Waals surface area contributed by atoms with E-state index in [0.717, 1.165) is 0 Å². The van der Waals surface area contributed by atoms with E-state index in [1.54, 1.807) is 30.5 Å². The van der Waals surface area contributed by atoms with Gasteiger partial charge in [0.25, 0.3) is 0 Å². The lowest BCUT2D eigenvalue weighted by molar-refractivity contribution is -0.135.